The van der Waals surface area contributed by atoms with E-state index in [-0.39, 0.29) is 0 Å². The van der Waals surface area contributed by atoms with Gasteiger partial charge in [0.2, 0.25) is 0 Å². The molecule has 1 aromatic heterocycles. The Morgan fingerprint density at radius 1 is 1.26 bits per heavy atom. The van der Waals surface area contributed by atoms with Crippen molar-refractivity contribution in [3.63, 3.8) is 0 Å². The van der Waals surface area contributed by atoms with E-state index >= 15 is 0 Å². The van der Waals surface area contributed by atoms with Crippen LogP contribution in [-0.4, -0.2) is 31.1 Å². The van der Waals surface area contributed by atoms with Crippen LogP contribution in [0.15, 0.2) is 16.7 Å². The fraction of sp³-hybridized carbons (Fsp3) is 0.750. The Balaban J connectivity index is 1.46. The van der Waals surface area contributed by atoms with Crippen molar-refractivity contribution in [1.82, 2.24) is 10.2 Å². The van der Waals surface area contributed by atoms with Crippen LogP contribution in [0, 0.1) is 0 Å². The first kappa shape index (κ1) is 13.2. The number of hydrogen-bond acceptors (Lipinski definition) is 3. The summed E-state index contributed by atoms with van der Waals surface area (Å²) >= 11 is 0. The lowest BCUT2D eigenvalue weighted by Gasteiger charge is -2.27. The number of nitrogens with zero attached hydrogens (tertiary/aromatic N) is 1. The molecule has 3 nitrogen and oxygen atoms in total. The van der Waals surface area contributed by atoms with Gasteiger partial charge < -0.3 is 14.6 Å². The second-order valence-corrected chi connectivity index (χ2v) is 6.12. The Morgan fingerprint density at radius 3 is 2.95 bits per heavy atom. The van der Waals surface area contributed by atoms with Crippen molar-refractivity contribution in [2.24, 2.45) is 0 Å². The third-order valence-corrected chi connectivity index (χ3v) is 4.86. The van der Waals surface area contributed by atoms with Crippen LogP contribution in [0.25, 0.3) is 0 Å². The number of aryl methyl sites for hydroxylation is 1. The summed E-state index contributed by atoms with van der Waals surface area (Å²) in [5, 5.41) is 3.72. The maximum absolute atomic E-state index is 5.54. The fourth-order valence-electron chi connectivity index (χ4n) is 3.64. The molecule has 1 aromatic rings. The molecule has 2 aliphatic carbocycles. The van der Waals surface area contributed by atoms with Gasteiger partial charge in [0.05, 0.1) is 6.26 Å². The van der Waals surface area contributed by atoms with Crippen LogP contribution >= 0.6 is 0 Å². The zero-order valence-electron chi connectivity index (χ0n) is 12.0. The summed E-state index contributed by atoms with van der Waals surface area (Å²) in [6.07, 6.45) is 11.1. The highest BCUT2D eigenvalue weighted by molar-refractivity contribution is 5.23. The largest absolute Gasteiger partial charge is 0.469 e. The zero-order valence-corrected chi connectivity index (χ0v) is 12.0. The van der Waals surface area contributed by atoms with Crippen molar-refractivity contribution in [3.05, 3.63) is 23.7 Å². The molecular formula is C16H26N2O. The molecular weight excluding hydrogens is 236 g/mol. The Labute approximate surface area is 116 Å². The van der Waals surface area contributed by atoms with Gasteiger partial charge in [0.15, 0.2) is 0 Å². The maximum Gasteiger partial charge on any atom is 0.108 e. The molecule has 1 unspecified atom stereocenters. The van der Waals surface area contributed by atoms with E-state index in [0.29, 0.717) is 6.04 Å². The number of hydrogen-bond donors (Lipinski definition) is 1. The first-order chi connectivity index (χ1) is 9.34. The fourth-order valence-corrected chi connectivity index (χ4v) is 3.64. The summed E-state index contributed by atoms with van der Waals surface area (Å²) < 4.78 is 5.54. The Kier molecular flexibility index (Phi) is 4.24. The zero-order chi connectivity index (χ0) is 13.1. The van der Waals surface area contributed by atoms with E-state index in [1.165, 1.54) is 49.8 Å². The van der Waals surface area contributed by atoms with Gasteiger partial charge in [-0.1, -0.05) is 12.8 Å². The predicted octanol–water partition coefficient (Wildman–Crippen LogP) is 3.12. The highest BCUT2D eigenvalue weighted by atomic mass is 16.3. The lowest BCUT2D eigenvalue weighted by atomic mass is 9.93. The monoisotopic (exact) mass is 262 g/mol. The molecule has 1 atom stereocenters. The molecule has 0 bridgehead atoms. The van der Waals surface area contributed by atoms with Gasteiger partial charge in [-0.3, -0.25) is 0 Å². The molecule has 1 fully saturated rings. The molecule has 0 radical (unpaired) electrons. The van der Waals surface area contributed by atoms with Gasteiger partial charge in [-0.25, -0.2) is 0 Å². The lowest BCUT2D eigenvalue weighted by molar-refractivity contribution is 0.240. The molecule has 0 aromatic carbocycles. The van der Waals surface area contributed by atoms with Gasteiger partial charge in [-0.15, -0.1) is 0 Å². The van der Waals surface area contributed by atoms with Crippen LogP contribution in [0.1, 0.15) is 55.9 Å². The topological polar surface area (TPSA) is 28.4 Å². The minimum atomic E-state index is 0.513. The number of rotatable bonds is 5. The van der Waals surface area contributed by atoms with E-state index in [2.05, 4.69) is 23.3 Å². The first-order valence-electron chi connectivity index (χ1n) is 7.84. The maximum atomic E-state index is 5.54. The lowest BCUT2D eigenvalue weighted by Crippen LogP contribution is -2.37. The second kappa shape index (κ2) is 6.10. The van der Waals surface area contributed by atoms with Crippen LogP contribution in [0.2, 0.25) is 0 Å². The highest BCUT2D eigenvalue weighted by Crippen LogP contribution is 2.30. The quantitative estimate of drug-likeness (QED) is 0.884. The van der Waals surface area contributed by atoms with E-state index in [0.717, 1.165) is 25.6 Å². The number of likely N-dealkylation sites (N-methyl/N-ethyl adjacent to an activating group) is 1. The Hall–Kier alpha value is -0.800. The summed E-state index contributed by atoms with van der Waals surface area (Å²) in [6.45, 7) is 2.25. The third-order valence-electron chi connectivity index (χ3n) is 4.86. The smallest absolute Gasteiger partial charge is 0.108 e. The van der Waals surface area contributed by atoms with Crippen molar-refractivity contribution in [1.29, 1.82) is 0 Å². The SMILES string of the molecule is CN(CCNC1CCCc2occc21)C1CCCC1. The molecule has 3 rings (SSSR count). The average molecular weight is 262 g/mol. The van der Waals surface area contributed by atoms with Crippen molar-refractivity contribution >= 4 is 0 Å². The first-order valence-corrected chi connectivity index (χ1v) is 7.84. The molecule has 0 amide bonds. The van der Waals surface area contributed by atoms with Gasteiger partial charge in [-0.05, 0) is 38.8 Å². The van der Waals surface area contributed by atoms with Crippen LogP contribution in [-0.2, 0) is 6.42 Å². The van der Waals surface area contributed by atoms with E-state index in [1.807, 2.05) is 6.26 Å². The summed E-state index contributed by atoms with van der Waals surface area (Å²) in [5.74, 6) is 1.20. The van der Waals surface area contributed by atoms with Crippen molar-refractivity contribution in [3.8, 4) is 0 Å². The molecule has 0 spiro atoms. The molecule has 0 aliphatic heterocycles. The second-order valence-electron chi connectivity index (χ2n) is 6.12. The van der Waals surface area contributed by atoms with Crippen LogP contribution in [0.5, 0.6) is 0 Å². The summed E-state index contributed by atoms with van der Waals surface area (Å²) in [4.78, 5) is 2.54. The third kappa shape index (κ3) is 3.03. The molecule has 1 heterocycles. The normalized spacial score (nSPS) is 24.0. The van der Waals surface area contributed by atoms with Gasteiger partial charge in [-0.2, -0.15) is 0 Å². The van der Waals surface area contributed by atoms with E-state index in [4.69, 9.17) is 4.42 Å². The number of nitrogens with one attached hydrogen (secondary N) is 1. The van der Waals surface area contributed by atoms with Gasteiger partial charge in [0.25, 0.3) is 0 Å². The van der Waals surface area contributed by atoms with Gasteiger partial charge in [0.1, 0.15) is 5.76 Å². The summed E-state index contributed by atoms with van der Waals surface area (Å²) in [7, 11) is 2.28. The number of furan rings is 1. The van der Waals surface area contributed by atoms with E-state index < -0.39 is 0 Å². The van der Waals surface area contributed by atoms with Crippen LogP contribution in [0.3, 0.4) is 0 Å². The van der Waals surface area contributed by atoms with Crippen LogP contribution < -0.4 is 5.32 Å². The van der Waals surface area contributed by atoms with Gasteiger partial charge >= 0.3 is 0 Å². The number of fused-ring (bicyclic) bond motifs is 1. The molecule has 19 heavy (non-hydrogen) atoms. The van der Waals surface area contributed by atoms with E-state index in [9.17, 15) is 0 Å². The molecule has 106 valence electrons. The van der Waals surface area contributed by atoms with E-state index in [1.54, 1.807) is 0 Å². The molecule has 1 N–H and O–H groups in total. The Bertz CT molecular complexity index is 395. The molecule has 1 saturated carbocycles. The standard InChI is InChI=1S/C16H26N2O/c1-18(13-5-2-3-6-13)11-10-17-15-7-4-8-16-14(15)9-12-19-16/h9,12-13,15,17H,2-8,10-11H2,1H3. The van der Waals surface area contributed by atoms with Crippen molar-refractivity contribution < 1.29 is 4.42 Å². The van der Waals surface area contributed by atoms with Crippen molar-refractivity contribution in [2.45, 2.75) is 57.0 Å². The summed E-state index contributed by atoms with van der Waals surface area (Å²) in [6, 6.07) is 3.49. The molecule has 3 heteroatoms. The highest BCUT2D eigenvalue weighted by Gasteiger charge is 2.23. The predicted molar refractivity (Wildman–Crippen MR) is 77.3 cm³/mol. The Morgan fingerprint density at radius 2 is 2.11 bits per heavy atom. The van der Waals surface area contributed by atoms with Crippen LogP contribution in [0.4, 0.5) is 0 Å². The average Bonchev–Trinajstić information content (AvgIpc) is 3.10. The molecule has 0 saturated heterocycles. The minimum Gasteiger partial charge on any atom is -0.469 e. The summed E-state index contributed by atoms with van der Waals surface area (Å²) in [5.41, 5.74) is 1.40. The minimum absolute atomic E-state index is 0.513. The van der Waals surface area contributed by atoms with Crippen molar-refractivity contribution in [2.75, 3.05) is 20.1 Å². The molecule has 2 aliphatic rings. The van der Waals surface area contributed by atoms with Gasteiger partial charge in [0, 0.05) is 37.2 Å².